The summed E-state index contributed by atoms with van der Waals surface area (Å²) in [7, 11) is -3.85. The lowest BCUT2D eigenvalue weighted by Crippen LogP contribution is -2.15. The van der Waals surface area contributed by atoms with Crippen LogP contribution in [0.1, 0.15) is 15.9 Å². The van der Waals surface area contributed by atoms with E-state index in [1.807, 2.05) is 0 Å². The molecule has 0 bridgehead atoms. The molecule has 0 radical (unpaired) electrons. The predicted octanol–water partition coefficient (Wildman–Crippen LogP) is 3.54. The van der Waals surface area contributed by atoms with Gasteiger partial charge in [-0.15, -0.1) is 0 Å². The number of hydrogen-bond donors (Lipinski definition) is 1. The molecule has 2 heterocycles. The van der Waals surface area contributed by atoms with Crippen LogP contribution in [-0.4, -0.2) is 30.0 Å². The van der Waals surface area contributed by atoms with E-state index >= 15 is 0 Å². The van der Waals surface area contributed by atoms with Gasteiger partial charge in [0, 0.05) is 18.0 Å². The van der Waals surface area contributed by atoms with Gasteiger partial charge >= 0.3 is 0 Å². The number of benzene rings is 1. The fourth-order valence-electron chi connectivity index (χ4n) is 2.46. The number of nitrogens with zero attached hydrogens (tertiary/aromatic N) is 2. The van der Waals surface area contributed by atoms with E-state index in [1.54, 1.807) is 30.6 Å². The fraction of sp³-hybridized carbons (Fsp3) is 0.105. The van der Waals surface area contributed by atoms with Crippen molar-refractivity contribution in [1.82, 2.24) is 9.97 Å². The molecule has 0 saturated carbocycles. The Labute approximate surface area is 166 Å². The lowest BCUT2D eigenvalue weighted by atomic mass is 10.2. The molecule has 0 unspecified atom stereocenters. The minimum Gasteiger partial charge on any atom is -0.321 e. The minimum atomic E-state index is -3.85. The van der Waals surface area contributed by atoms with Crippen LogP contribution in [0.25, 0.3) is 0 Å². The van der Waals surface area contributed by atoms with E-state index in [0.29, 0.717) is 5.69 Å². The quantitative estimate of drug-likeness (QED) is 0.617. The summed E-state index contributed by atoms with van der Waals surface area (Å²) in [6.45, 7) is 0. The summed E-state index contributed by atoms with van der Waals surface area (Å²) in [5.41, 5.74) is 1.15. The number of pyridine rings is 2. The lowest BCUT2D eigenvalue weighted by Gasteiger charge is -2.09. The summed E-state index contributed by atoms with van der Waals surface area (Å²) in [6, 6.07) is 9.71. The Balaban J connectivity index is 1.73. The second kappa shape index (κ2) is 8.45. The smallest absolute Gasteiger partial charge is 0.255 e. The first kappa shape index (κ1) is 19.9. The predicted molar refractivity (Wildman–Crippen MR) is 104 cm³/mol. The Morgan fingerprint density at radius 2 is 1.86 bits per heavy atom. The highest BCUT2D eigenvalue weighted by Gasteiger charge is 2.21. The molecule has 2 aromatic heterocycles. The molecular weight excluding hydrogens is 405 g/mol. The molecule has 0 aliphatic carbocycles. The monoisotopic (exact) mass is 419 g/mol. The number of hydrogen-bond acceptors (Lipinski definition) is 5. The Morgan fingerprint density at radius 1 is 1.11 bits per heavy atom. The molecule has 0 saturated heterocycles. The van der Waals surface area contributed by atoms with Crippen molar-refractivity contribution >= 4 is 33.0 Å². The van der Waals surface area contributed by atoms with Crippen LogP contribution < -0.4 is 5.32 Å². The zero-order valence-electron chi connectivity index (χ0n) is 14.5. The average Bonchev–Trinajstić information content (AvgIpc) is 2.69. The van der Waals surface area contributed by atoms with Crippen molar-refractivity contribution in [3.05, 3.63) is 83.2 Å². The van der Waals surface area contributed by atoms with Gasteiger partial charge in [-0.1, -0.05) is 11.6 Å². The number of aromatic nitrogens is 2. The van der Waals surface area contributed by atoms with Gasteiger partial charge in [-0.2, -0.15) is 0 Å². The van der Waals surface area contributed by atoms with E-state index < -0.39 is 26.5 Å². The van der Waals surface area contributed by atoms with Gasteiger partial charge < -0.3 is 5.32 Å². The number of anilines is 1. The van der Waals surface area contributed by atoms with E-state index in [1.165, 1.54) is 18.3 Å². The number of halogens is 2. The third kappa shape index (κ3) is 4.90. The molecule has 0 fully saturated rings. The van der Waals surface area contributed by atoms with Gasteiger partial charge in [0.1, 0.15) is 15.9 Å². The van der Waals surface area contributed by atoms with Gasteiger partial charge in [0.25, 0.3) is 5.91 Å². The lowest BCUT2D eigenvalue weighted by molar-refractivity contribution is 0.102. The zero-order chi connectivity index (χ0) is 20.1. The molecule has 144 valence electrons. The van der Waals surface area contributed by atoms with E-state index in [4.69, 9.17) is 11.6 Å². The first-order chi connectivity index (χ1) is 13.3. The number of sulfone groups is 1. The van der Waals surface area contributed by atoms with Gasteiger partial charge in [-0.25, -0.2) is 17.8 Å². The standard InChI is InChI=1S/C19H15ClFN3O3S/c20-18-4-2-15(12-23-18)24-19(25)14-1-3-17(16(21)11-14)28(26,27)10-7-13-5-8-22-9-6-13/h1-6,8-9,11-12H,7,10H2,(H,24,25). The van der Waals surface area contributed by atoms with Gasteiger partial charge in [0.2, 0.25) is 0 Å². The van der Waals surface area contributed by atoms with Crippen LogP contribution in [-0.2, 0) is 16.3 Å². The van der Waals surface area contributed by atoms with Crippen molar-refractivity contribution in [2.75, 3.05) is 11.1 Å². The normalized spacial score (nSPS) is 11.2. The van der Waals surface area contributed by atoms with Crippen LogP contribution in [0.15, 0.2) is 66.0 Å². The van der Waals surface area contributed by atoms with E-state index in [2.05, 4.69) is 15.3 Å². The first-order valence-electron chi connectivity index (χ1n) is 8.19. The maximum atomic E-state index is 14.4. The molecule has 0 spiro atoms. The van der Waals surface area contributed by atoms with Crippen LogP contribution >= 0.6 is 11.6 Å². The van der Waals surface area contributed by atoms with E-state index in [0.717, 1.165) is 17.7 Å². The fourth-order valence-corrected chi connectivity index (χ4v) is 3.93. The second-order valence-corrected chi connectivity index (χ2v) is 8.36. The van der Waals surface area contributed by atoms with E-state index in [9.17, 15) is 17.6 Å². The van der Waals surface area contributed by atoms with Gasteiger partial charge in [-0.3, -0.25) is 9.78 Å². The number of rotatable bonds is 6. The van der Waals surface area contributed by atoms with Crippen LogP contribution in [0.2, 0.25) is 5.15 Å². The number of aryl methyl sites for hydroxylation is 1. The van der Waals surface area contributed by atoms with Crippen molar-refractivity contribution < 1.29 is 17.6 Å². The summed E-state index contributed by atoms with van der Waals surface area (Å²) in [5, 5.41) is 2.80. The van der Waals surface area contributed by atoms with Crippen molar-refractivity contribution in [1.29, 1.82) is 0 Å². The Kier molecular flexibility index (Phi) is 6.01. The van der Waals surface area contributed by atoms with Crippen molar-refractivity contribution in [2.45, 2.75) is 11.3 Å². The van der Waals surface area contributed by atoms with Crippen molar-refractivity contribution in [3.8, 4) is 0 Å². The van der Waals surface area contributed by atoms with Gasteiger partial charge in [-0.05, 0) is 54.4 Å². The van der Waals surface area contributed by atoms with Crippen LogP contribution in [0.3, 0.4) is 0 Å². The minimum absolute atomic E-state index is 0.0134. The maximum absolute atomic E-state index is 14.4. The Hall–Kier alpha value is -2.84. The average molecular weight is 420 g/mol. The zero-order valence-corrected chi connectivity index (χ0v) is 16.0. The van der Waals surface area contributed by atoms with E-state index in [-0.39, 0.29) is 22.9 Å². The Morgan fingerprint density at radius 3 is 2.50 bits per heavy atom. The highest BCUT2D eigenvalue weighted by atomic mass is 35.5. The molecule has 9 heteroatoms. The number of nitrogens with one attached hydrogen (secondary N) is 1. The summed E-state index contributed by atoms with van der Waals surface area (Å²) in [6.07, 6.45) is 4.71. The summed E-state index contributed by atoms with van der Waals surface area (Å²) in [5.74, 6) is -1.82. The van der Waals surface area contributed by atoms with Gasteiger partial charge in [0.05, 0.1) is 17.6 Å². The molecule has 1 aromatic carbocycles. The summed E-state index contributed by atoms with van der Waals surface area (Å²) < 4.78 is 39.3. The third-order valence-corrected chi connectivity index (χ3v) is 5.89. The molecule has 0 aliphatic rings. The molecule has 1 amide bonds. The molecule has 0 atom stereocenters. The molecule has 3 aromatic rings. The molecule has 1 N–H and O–H groups in total. The highest BCUT2D eigenvalue weighted by Crippen LogP contribution is 2.20. The molecule has 28 heavy (non-hydrogen) atoms. The molecule has 3 rings (SSSR count). The first-order valence-corrected chi connectivity index (χ1v) is 10.2. The van der Waals surface area contributed by atoms with Crippen LogP contribution in [0.4, 0.5) is 10.1 Å². The van der Waals surface area contributed by atoms with Crippen LogP contribution in [0, 0.1) is 5.82 Å². The maximum Gasteiger partial charge on any atom is 0.255 e. The molecule has 0 aliphatic heterocycles. The summed E-state index contributed by atoms with van der Waals surface area (Å²) in [4.78, 5) is 19.5. The third-order valence-electron chi connectivity index (χ3n) is 3.92. The largest absolute Gasteiger partial charge is 0.321 e. The summed E-state index contributed by atoms with van der Waals surface area (Å²) >= 11 is 5.68. The second-order valence-electron chi connectivity index (χ2n) is 5.89. The van der Waals surface area contributed by atoms with Gasteiger partial charge in [0.15, 0.2) is 9.84 Å². The van der Waals surface area contributed by atoms with Crippen LogP contribution in [0.5, 0.6) is 0 Å². The Bertz CT molecular complexity index is 1090. The molecular formula is C19H15ClFN3O3S. The molecule has 6 nitrogen and oxygen atoms in total. The number of carbonyl (C=O) groups excluding carboxylic acids is 1. The highest BCUT2D eigenvalue weighted by molar-refractivity contribution is 7.91. The van der Waals surface area contributed by atoms with Crippen molar-refractivity contribution in [2.24, 2.45) is 0 Å². The van der Waals surface area contributed by atoms with Crippen molar-refractivity contribution in [3.63, 3.8) is 0 Å². The number of amides is 1. The number of carbonyl (C=O) groups is 1. The topological polar surface area (TPSA) is 89.0 Å². The SMILES string of the molecule is O=C(Nc1ccc(Cl)nc1)c1ccc(S(=O)(=O)CCc2ccncc2)c(F)c1.